The lowest BCUT2D eigenvalue weighted by molar-refractivity contribution is 0.0998. The highest BCUT2D eigenvalue weighted by atomic mass is 32.2. The number of nitrogens with zero attached hydrogens (tertiary/aromatic N) is 2. The number of nitrogens with one attached hydrogen (secondary N) is 1. The summed E-state index contributed by atoms with van der Waals surface area (Å²) in [6, 6.07) is 18.0. The summed E-state index contributed by atoms with van der Waals surface area (Å²) < 4.78 is 43.0. The van der Waals surface area contributed by atoms with Crippen LogP contribution in [0.15, 0.2) is 82.7 Å². The largest absolute Gasteiger partial charge is 0.305 e. The molecule has 1 heterocycles. The summed E-state index contributed by atoms with van der Waals surface area (Å²) >= 11 is 1.36. The van der Waals surface area contributed by atoms with Crippen molar-refractivity contribution in [1.29, 1.82) is 0 Å². The number of benzene rings is 3. The Hall–Kier alpha value is -3.74. The van der Waals surface area contributed by atoms with Crippen LogP contribution >= 0.6 is 11.3 Å². The Bertz CT molecular complexity index is 1510. The Balaban J connectivity index is 1.59. The van der Waals surface area contributed by atoms with Crippen molar-refractivity contribution in [2.75, 3.05) is 4.72 Å². The zero-order valence-corrected chi connectivity index (χ0v) is 18.2. The van der Waals surface area contributed by atoms with Gasteiger partial charge in [0.05, 0.1) is 21.7 Å². The molecule has 3 aromatic carbocycles. The number of amides is 1. The summed E-state index contributed by atoms with van der Waals surface area (Å²) in [6.07, 6.45) is 5.47. The Kier molecular flexibility index (Phi) is 5.90. The van der Waals surface area contributed by atoms with Gasteiger partial charge < -0.3 is 4.57 Å². The molecule has 0 unspecified atom stereocenters. The Morgan fingerprint density at radius 1 is 1.06 bits per heavy atom. The molecule has 4 rings (SSSR count). The lowest BCUT2D eigenvalue weighted by atomic mass is 10.2. The van der Waals surface area contributed by atoms with Gasteiger partial charge in [0.25, 0.3) is 15.9 Å². The van der Waals surface area contributed by atoms with E-state index in [4.69, 9.17) is 6.42 Å². The van der Waals surface area contributed by atoms with Crippen LogP contribution in [-0.2, 0) is 16.6 Å². The molecule has 0 aliphatic rings. The molecule has 0 bridgehead atoms. The van der Waals surface area contributed by atoms with Gasteiger partial charge in [0.2, 0.25) is 0 Å². The minimum absolute atomic E-state index is 0.0723. The van der Waals surface area contributed by atoms with Crippen LogP contribution in [0, 0.1) is 18.2 Å². The number of rotatable bonds is 5. The molecule has 0 aliphatic heterocycles. The van der Waals surface area contributed by atoms with Crippen LogP contribution in [0.3, 0.4) is 0 Å². The number of anilines is 1. The molecule has 1 aromatic heterocycles. The van der Waals surface area contributed by atoms with Gasteiger partial charge in [0.15, 0.2) is 4.80 Å². The monoisotopic (exact) mass is 465 g/mol. The predicted octanol–water partition coefficient (Wildman–Crippen LogP) is 4.02. The van der Waals surface area contributed by atoms with Gasteiger partial charge in [-0.25, -0.2) is 12.8 Å². The number of aromatic nitrogens is 1. The van der Waals surface area contributed by atoms with E-state index in [-0.39, 0.29) is 17.1 Å². The molecular weight excluding hydrogens is 449 g/mol. The zero-order chi connectivity index (χ0) is 22.7. The maximum Gasteiger partial charge on any atom is 0.279 e. The van der Waals surface area contributed by atoms with Crippen molar-refractivity contribution in [3.63, 3.8) is 0 Å². The summed E-state index contributed by atoms with van der Waals surface area (Å²) in [5.41, 5.74) is 1.45. The number of hydrogen-bond donors (Lipinski definition) is 1. The summed E-state index contributed by atoms with van der Waals surface area (Å²) in [4.78, 5) is 17.3. The number of halogens is 1. The predicted molar refractivity (Wildman–Crippen MR) is 122 cm³/mol. The first kappa shape index (κ1) is 21.5. The van der Waals surface area contributed by atoms with Crippen LogP contribution in [0.1, 0.15) is 10.4 Å². The van der Waals surface area contributed by atoms with Crippen molar-refractivity contribution in [3.05, 3.63) is 89.0 Å². The molecule has 0 fully saturated rings. The van der Waals surface area contributed by atoms with E-state index in [0.29, 0.717) is 10.4 Å². The first-order valence-electron chi connectivity index (χ1n) is 9.37. The van der Waals surface area contributed by atoms with Crippen LogP contribution in [-0.4, -0.2) is 18.9 Å². The van der Waals surface area contributed by atoms with E-state index in [0.717, 1.165) is 22.3 Å². The van der Waals surface area contributed by atoms with Crippen LogP contribution in [0.2, 0.25) is 0 Å². The fraction of sp³-hybridized carbons (Fsp3) is 0.0435. The fourth-order valence-electron chi connectivity index (χ4n) is 3.01. The van der Waals surface area contributed by atoms with E-state index in [2.05, 4.69) is 15.6 Å². The van der Waals surface area contributed by atoms with Gasteiger partial charge in [-0.05, 0) is 60.7 Å². The van der Waals surface area contributed by atoms with Crippen molar-refractivity contribution in [1.82, 2.24) is 4.57 Å². The number of fused-ring (bicyclic) bond motifs is 1. The normalized spacial score (nSPS) is 11.9. The van der Waals surface area contributed by atoms with Gasteiger partial charge in [-0.3, -0.25) is 9.52 Å². The molecule has 1 amide bonds. The lowest BCUT2D eigenvalue weighted by Crippen LogP contribution is -2.16. The van der Waals surface area contributed by atoms with Crippen LogP contribution < -0.4 is 9.52 Å². The molecule has 0 aliphatic carbocycles. The van der Waals surface area contributed by atoms with Crippen molar-refractivity contribution < 1.29 is 17.6 Å². The van der Waals surface area contributed by atoms with E-state index < -0.39 is 21.7 Å². The van der Waals surface area contributed by atoms with Gasteiger partial charge in [0.1, 0.15) is 5.82 Å². The van der Waals surface area contributed by atoms with Crippen molar-refractivity contribution in [3.8, 4) is 12.3 Å². The van der Waals surface area contributed by atoms with Crippen LogP contribution in [0.5, 0.6) is 0 Å². The molecule has 9 heteroatoms. The van der Waals surface area contributed by atoms with Gasteiger partial charge in [0, 0.05) is 11.3 Å². The standard InChI is InChI=1S/C23H16FN3O3S2/c1-2-15-27-20-5-3-4-6-21(20)31-23(27)25-22(28)16-7-11-18(12-8-16)26-32(29,30)19-13-9-17(24)10-14-19/h1,3-14,26H,15H2. The SMILES string of the molecule is C#CCn1c(=NC(=O)c2ccc(NS(=O)(=O)c3ccc(F)cc3)cc2)sc2ccccc21. The van der Waals surface area contributed by atoms with Crippen molar-refractivity contribution >= 4 is 43.2 Å². The minimum Gasteiger partial charge on any atom is -0.305 e. The highest BCUT2D eigenvalue weighted by Gasteiger charge is 2.15. The Morgan fingerprint density at radius 2 is 1.75 bits per heavy atom. The molecule has 6 nitrogen and oxygen atoms in total. The first-order valence-corrected chi connectivity index (χ1v) is 11.7. The second-order valence-corrected chi connectivity index (χ2v) is 9.39. The highest BCUT2D eigenvalue weighted by molar-refractivity contribution is 7.92. The third kappa shape index (κ3) is 4.46. The summed E-state index contributed by atoms with van der Waals surface area (Å²) in [6.45, 7) is 0.278. The average Bonchev–Trinajstić information content (AvgIpc) is 3.11. The van der Waals surface area contributed by atoms with Gasteiger partial charge >= 0.3 is 0 Å². The van der Waals surface area contributed by atoms with Gasteiger partial charge in [-0.15, -0.1) is 6.42 Å². The molecule has 160 valence electrons. The quantitative estimate of drug-likeness (QED) is 0.452. The summed E-state index contributed by atoms with van der Waals surface area (Å²) in [5, 5.41) is 0. The number of carbonyl (C=O) groups is 1. The van der Waals surface area contributed by atoms with Crippen LogP contribution in [0.25, 0.3) is 10.2 Å². The Labute approximate surface area is 187 Å². The maximum absolute atomic E-state index is 13.0. The highest BCUT2D eigenvalue weighted by Crippen LogP contribution is 2.19. The number of para-hydroxylation sites is 1. The van der Waals surface area contributed by atoms with E-state index in [1.807, 2.05) is 24.3 Å². The zero-order valence-electron chi connectivity index (χ0n) is 16.5. The molecule has 0 saturated heterocycles. The second-order valence-electron chi connectivity index (χ2n) is 6.70. The smallest absolute Gasteiger partial charge is 0.279 e. The number of thiazole rings is 1. The maximum atomic E-state index is 13.0. The third-order valence-electron chi connectivity index (χ3n) is 4.54. The first-order chi connectivity index (χ1) is 15.4. The minimum atomic E-state index is -3.88. The fourth-order valence-corrected chi connectivity index (χ4v) is 5.10. The van der Waals surface area contributed by atoms with E-state index >= 15 is 0 Å². The number of carbonyl (C=O) groups excluding carboxylic acids is 1. The molecule has 1 N–H and O–H groups in total. The second kappa shape index (κ2) is 8.78. The van der Waals surface area contributed by atoms with Gasteiger partial charge in [-0.2, -0.15) is 4.99 Å². The van der Waals surface area contributed by atoms with Crippen molar-refractivity contribution in [2.24, 2.45) is 4.99 Å². The number of hydrogen-bond acceptors (Lipinski definition) is 4. The molecule has 0 radical (unpaired) electrons. The molecule has 4 aromatic rings. The van der Waals surface area contributed by atoms with E-state index in [1.165, 1.54) is 47.7 Å². The molecule has 0 saturated carbocycles. The Morgan fingerprint density at radius 3 is 2.44 bits per heavy atom. The van der Waals surface area contributed by atoms with E-state index in [1.54, 1.807) is 4.57 Å². The van der Waals surface area contributed by atoms with Gasteiger partial charge in [-0.1, -0.05) is 29.4 Å². The lowest BCUT2D eigenvalue weighted by Gasteiger charge is -2.08. The van der Waals surface area contributed by atoms with E-state index in [9.17, 15) is 17.6 Å². The number of sulfonamides is 1. The van der Waals surface area contributed by atoms with Crippen molar-refractivity contribution in [2.45, 2.75) is 11.4 Å². The molecular formula is C23H16FN3O3S2. The number of terminal acetylenes is 1. The molecule has 32 heavy (non-hydrogen) atoms. The topological polar surface area (TPSA) is 80.5 Å². The molecule has 0 atom stereocenters. The van der Waals surface area contributed by atoms with Crippen LogP contribution in [0.4, 0.5) is 10.1 Å². The summed E-state index contributed by atoms with van der Waals surface area (Å²) in [7, 11) is -3.88. The molecule has 0 spiro atoms. The average molecular weight is 466 g/mol. The summed E-state index contributed by atoms with van der Waals surface area (Å²) in [5.74, 6) is 1.57. The third-order valence-corrected chi connectivity index (χ3v) is 7.00.